The Labute approximate surface area is 118 Å². The minimum Gasteiger partial charge on any atom is -0.504 e. The van der Waals surface area contributed by atoms with Crippen LogP contribution in [0.3, 0.4) is 0 Å². The molecule has 0 spiro atoms. The molecule has 3 aromatic rings. The molecule has 0 radical (unpaired) electrons. The molecule has 0 fully saturated rings. The molecule has 0 saturated heterocycles. The van der Waals surface area contributed by atoms with E-state index in [4.69, 9.17) is 4.52 Å². The summed E-state index contributed by atoms with van der Waals surface area (Å²) in [4.78, 5) is 8.53. The largest absolute Gasteiger partial charge is 0.504 e. The van der Waals surface area contributed by atoms with Crippen LogP contribution in [0.2, 0.25) is 0 Å². The second kappa shape index (κ2) is 4.93. The van der Waals surface area contributed by atoms with E-state index in [0.717, 1.165) is 10.7 Å². The zero-order valence-electron chi connectivity index (χ0n) is 10.6. The van der Waals surface area contributed by atoms with Crippen molar-refractivity contribution in [1.82, 2.24) is 15.1 Å². The summed E-state index contributed by atoms with van der Waals surface area (Å²) in [5.41, 5.74) is 1.18. The van der Waals surface area contributed by atoms with Gasteiger partial charge < -0.3 is 14.7 Å². The maximum Gasteiger partial charge on any atom is 0.261 e. The van der Waals surface area contributed by atoms with Gasteiger partial charge >= 0.3 is 0 Å². The van der Waals surface area contributed by atoms with Crippen LogP contribution in [-0.2, 0) is 6.42 Å². The SMILES string of the molecule is Cc1nc(Cc2noc(-c3cccc(O)c3O)n2)cs1. The highest BCUT2D eigenvalue weighted by Crippen LogP contribution is 2.35. The highest BCUT2D eigenvalue weighted by atomic mass is 32.1. The van der Waals surface area contributed by atoms with E-state index in [-0.39, 0.29) is 17.4 Å². The highest BCUT2D eigenvalue weighted by molar-refractivity contribution is 7.09. The number of aromatic nitrogens is 3. The van der Waals surface area contributed by atoms with Gasteiger partial charge in [-0.3, -0.25) is 0 Å². The number of rotatable bonds is 3. The molecule has 7 heteroatoms. The summed E-state index contributed by atoms with van der Waals surface area (Å²) in [6.45, 7) is 1.93. The fraction of sp³-hybridized carbons (Fsp3) is 0.154. The Kier molecular flexibility index (Phi) is 3.11. The number of aryl methyl sites for hydroxylation is 1. The molecule has 0 atom stereocenters. The number of hydrogen-bond donors (Lipinski definition) is 2. The lowest BCUT2D eigenvalue weighted by molar-refractivity contribution is 0.396. The maximum absolute atomic E-state index is 9.76. The van der Waals surface area contributed by atoms with Crippen LogP contribution in [-0.4, -0.2) is 25.3 Å². The lowest BCUT2D eigenvalue weighted by Crippen LogP contribution is -1.91. The molecular weight excluding hydrogens is 278 g/mol. The van der Waals surface area contributed by atoms with Gasteiger partial charge in [0.15, 0.2) is 17.3 Å². The minimum atomic E-state index is -0.271. The lowest BCUT2D eigenvalue weighted by atomic mass is 10.2. The highest BCUT2D eigenvalue weighted by Gasteiger charge is 2.15. The monoisotopic (exact) mass is 289 g/mol. The Morgan fingerprint density at radius 1 is 1.25 bits per heavy atom. The molecule has 0 saturated carbocycles. The predicted octanol–water partition coefficient (Wildman–Crippen LogP) is 2.50. The van der Waals surface area contributed by atoms with Crippen molar-refractivity contribution in [1.29, 1.82) is 0 Å². The second-order valence-corrected chi connectivity index (χ2v) is 5.29. The second-order valence-electron chi connectivity index (χ2n) is 4.22. The molecule has 0 aliphatic carbocycles. The van der Waals surface area contributed by atoms with Crippen LogP contribution in [0.15, 0.2) is 28.1 Å². The first-order chi connectivity index (χ1) is 9.63. The van der Waals surface area contributed by atoms with Crippen molar-refractivity contribution in [3.8, 4) is 23.0 Å². The summed E-state index contributed by atoms with van der Waals surface area (Å²) in [7, 11) is 0. The first-order valence-electron chi connectivity index (χ1n) is 5.88. The van der Waals surface area contributed by atoms with Crippen LogP contribution < -0.4 is 0 Å². The van der Waals surface area contributed by atoms with E-state index in [1.807, 2.05) is 12.3 Å². The van der Waals surface area contributed by atoms with Gasteiger partial charge in [0.05, 0.1) is 22.7 Å². The van der Waals surface area contributed by atoms with Crippen molar-refractivity contribution in [3.63, 3.8) is 0 Å². The zero-order chi connectivity index (χ0) is 14.1. The number of benzene rings is 1. The Morgan fingerprint density at radius 3 is 2.85 bits per heavy atom. The van der Waals surface area contributed by atoms with Crippen LogP contribution in [0.1, 0.15) is 16.5 Å². The van der Waals surface area contributed by atoms with Gasteiger partial charge in [-0.25, -0.2) is 4.98 Å². The van der Waals surface area contributed by atoms with Crippen molar-refractivity contribution in [3.05, 3.63) is 40.1 Å². The van der Waals surface area contributed by atoms with E-state index in [9.17, 15) is 10.2 Å². The van der Waals surface area contributed by atoms with Crippen molar-refractivity contribution in [2.24, 2.45) is 0 Å². The molecule has 2 heterocycles. The molecule has 6 nitrogen and oxygen atoms in total. The summed E-state index contributed by atoms with van der Waals surface area (Å²) in [6, 6.07) is 4.57. The third-order valence-corrected chi connectivity index (χ3v) is 3.54. The van der Waals surface area contributed by atoms with Crippen LogP contribution in [0.5, 0.6) is 11.5 Å². The predicted molar refractivity (Wildman–Crippen MR) is 72.7 cm³/mol. The molecule has 0 amide bonds. The number of nitrogens with zero attached hydrogens (tertiary/aromatic N) is 3. The average Bonchev–Trinajstić information content (AvgIpc) is 3.03. The molecule has 3 rings (SSSR count). The molecule has 2 N–H and O–H groups in total. The lowest BCUT2D eigenvalue weighted by Gasteiger charge is -2.00. The molecule has 102 valence electrons. The van der Waals surface area contributed by atoms with Gasteiger partial charge in [0, 0.05) is 5.38 Å². The molecule has 0 aliphatic heterocycles. The van der Waals surface area contributed by atoms with Gasteiger partial charge in [-0.2, -0.15) is 4.98 Å². The smallest absolute Gasteiger partial charge is 0.261 e. The van der Waals surface area contributed by atoms with Gasteiger partial charge in [0.1, 0.15) is 0 Å². The summed E-state index contributed by atoms with van der Waals surface area (Å²) < 4.78 is 5.11. The molecule has 0 bridgehead atoms. The summed E-state index contributed by atoms with van der Waals surface area (Å²) in [5, 5.41) is 26.0. The molecule has 0 unspecified atom stereocenters. The average molecular weight is 289 g/mol. The van der Waals surface area contributed by atoms with E-state index in [0.29, 0.717) is 17.8 Å². The van der Waals surface area contributed by atoms with E-state index in [2.05, 4.69) is 15.1 Å². The summed E-state index contributed by atoms with van der Waals surface area (Å²) >= 11 is 1.56. The first kappa shape index (κ1) is 12.6. The fourth-order valence-electron chi connectivity index (χ4n) is 1.79. The van der Waals surface area contributed by atoms with Crippen LogP contribution >= 0.6 is 11.3 Å². The Bertz CT molecular complexity index is 751. The van der Waals surface area contributed by atoms with E-state index in [1.165, 1.54) is 6.07 Å². The third-order valence-electron chi connectivity index (χ3n) is 2.72. The van der Waals surface area contributed by atoms with Gasteiger partial charge in [-0.15, -0.1) is 11.3 Å². The van der Waals surface area contributed by atoms with E-state index >= 15 is 0 Å². The molecule has 0 aliphatic rings. The van der Waals surface area contributed by atoms with Gasteiger partial charge in [-0.05, 0) is 19.1 Å². The number of thiazole rings is 1. The standard InChI is InChI=1S/C13H11N3O3S/c1-7-14-8(6-20-7)5-11-15-13(19-16-11)9-3-2-4-10(17)12(9)18/h2-4,6,17-18H,5H2,1H3. The number of para-hydroxylation sites is 1. The first-order valence-corrected chi connectivity index (χ1v) is 6.76. The third kappa shape index (κ3) is 2.35. The van der Waals surface area contributed by atoms with Gasteiger partial charge in [-0.1, -0.05) is 11.2 Å². The van der Waals surface area contributed by atoms with Crippen molar-refractivity contribution < 1.29 is 14.7 Å². The molecule has 20 heavy (non-hydrogen) atoms. The van der Waals surface area contributed by atoms with Crippen LogP contribution in [0.4, 0.5) is 0 Å². The topological polar surface area (TPSA) is 92.3 Å². The minimum absolute atomic E-state index is 0.167. The van der Waals surface area contributed by atoms with Crippen molar-refractivity contribution in [2.45, 2.75) is 13.3 Å². The number of hydrogen-bond acceptors (Lipinski definition) is 7. The Hall–Kier alpha value is -2.41. The summed E-state index contributed by atoms with van der Waals surface area (Å²) in [6.07, 6.45) is 0.466. The Morgan fingerprint density at radius 2 is 2.10 bits per heavy atom. The van der Waals surface area contributed by atoms with E-state index < -0.39 is 0 Å². The normalized spacial score (nSPS) is 10.8. The quantitative estimate of drug-likeness (QED) is 0.720. The maximum atomic E-state index is 9.76. The molecular formula is C13H11N3O3S. The van der Waals surface area contributed by atoms with E-state index in [1.54, 1.807) is 23.5 Å². The van der Waals surface area contributed by atoms with Gasteiger partial charge in [0.2, 0.25) is 0 Å². The summed E-state index contributed by atoms with van der Waals surface area (Å²) in [5.74, 6) is 0.151. The number of aromatic hydroxyl groups is 2. The molecule has 2 aromatic heterocycles. The van der Waals surface area contributed by atoms with Crippen molar-refractivity contribution in [2.75, 3.05) is 0 Å². The number of phenolic OH excluding ortho intramolecular Hbond substituents is 2. The number of phenols is 2. The van der Waals surface area contributed by atoms with Crippen LogP contribution in [0.25, 0.3) is 11.5 Å². The fourth-order valence-corrected chi connectivity index (χ4v) is 2.40. The molecule has 1 aromatic carbocycles. The Balaban J connectivity index is 1.88. The van der Waals surface area contributed by atoms with Crippen LogP contribution in [0, 0.1) is 6.92 Å². The zero-order valence-corrected chi connectivity index (χ0v) is 11.4. The van der Waals surface area contributed by atoms with Crippen molar-refractivity contribution >= 4 is 11.3 Å². The van der Waals surface area contributed by atoms with Gasteiger partial charge in [0.25, 0.3) is 5.89 Å².